The molecule has 0 heterocycles. The Kier molecular flexibility index (Phi) is 7.51. The lowest BCUT2D eigenvalue weighted by atomic mass is 9.75. The summed E-state index contributed by atoms with van der Waals surface area (Å²) in [5, 5.41) is 0. The first-order valence-corrected chi connectivity index (χ1v) is 11.0. The van der Waals surface area contributed by atoms with Gasteiger partial charge < -0.3 is 9.47 Å². The predicted molar refractivity (Wildman–Crippen MR) is 126 cm³/mol. The van der Waals surface area contributed by atoms with E-state index in [1.807, 2.05) is 87.5 Å². The van der Waals surface area contributed by atoms with Gasteiger partial charge in [-0.25, -0.2) is 0 Å². The predicted octanol–water partition coefficient (Wildman–Crippen LogP) is 7.14. The summed E-state index contributed by atoms with van der Waals surface area (Å²) in [6, 6.07) is 25.9. The Balaban J connectivity index is 1.64. The topological polar surface area (TPSA) is 35.5 Å². The molecule has 0 fully saturated rings. The summed E-state index contributed by atoms with van der Waals surface area (Å²) in [6.45, 7) is 7.75. The van der Waals surface area contributed by atoms with Gasteiger partial charge in [0, 0.05) is 0 Å². The first-order chi connectivity index (χ1) is 14.9. The largest absolute Gasteiger partial charge is 0.491 e. The van der Waals surface area contributed by atoms with Crippen molar-refractivity contribution in [2.24, 2.45) is 0 Å². The molecule has 0 spiro atoms. The molecule has 1 atom stereocenters. The van der Waals surface area contributed by atoms with Crippen molar-refractivity contribution in [3.05, 3.63) is 90.0 Å². The second kappa shape index (κ2) is 10.3. The van der Waals surface area contributed by atoms with E-state index in [1.165, 1.54) is 5.56 Å². The average Bonchev–Trinajstić information content (AvgIpc) is 2.74. The Hall–Kier alpha value is -3.07. The van der Waals surface area contributed by atoms with E-state index < -0.39 is 5.41 Å². The van der Waals surface area contributed by atoms with Crippen LogP contribution in [0.4, 0.5) is 0 Å². The Morgan fingerprint density at radius 1 is 0.871 bits per heavy atom. The van der Waals surface area contributed by atoms with Crippen LogP contribution in [-0.4, -0.2) is 11.9 Å². The van der Waals surface area contributed by atoms with Crippen LogP contribution in [0.3, 0.4) is 0 Å². The third-order valence-electron chi connectivity index (χ3n) is 5.66. The zero-order valence-corrected chi connectivity index (χ0v) is 18.9. The van der Waals surface area contributed by atoms with E-state index in [4.69, 9.17) is 9.47 Å². The molecule has 0 aliphatic rings. The summed E-state index contributed by atoms with van der Waals surface area (Å²) in [6.07, 6.45) is 2.72. The van der Waals surface area contributed by atoms with Gasteiger partial charge >= 0.3 is 0 Å². The highest BCUT2D eigenvalue weighted by atomic mass is 16.5. The van der Waals surface area contributed by atoms with E-state index >= 15 is 0 Å². The lowest BCUT2D eigenvalue weighted by molar-refractivity contribution is -0.122. The molecule has 3 rings (SSSR count). The SMILES string of the molecule is CC(=O)C(C)(CCCc1cccc(Oc2ccccc2)c1)c1ccc(OC(C)C)cc1. The summed E-state index contributed by atoms with van der Waals surface area (Å²) in [7, 11) is 0. The van der Waals surface area contributed by atoms with Gasteiger partial charge in [-0.3, -0.25) is 4.79 Å². The lowest BCUT2D eigenvalue weighted by Crippen LogP contribution is -2.30. The van der Waals surface area contributed by atoms with Gasteiger partial charge in [0.05, 0.1) is 11.5 Å². The third-order valence-corrected chi connectivity index (χ3v) is 5.66. The minimum Gasteiger partial charge on any atom is -0.491 e. The van der Waals surface area contributed by atoms with Crippen molar-refractivity contribution >= 4 is 5.78 Å². The van der Waals surface area contributed by atoms with Gasteiger partial charge in [0.1, 0.15) is 23.0 Å². The van der Waals surface area contributed by atoms with Crippen molar-refractivity contribution < 1.29 is 14.3 Å². The molecular formula is C28H32O3. The number of hydrogen-bond donors (Lipinski definition) is 0. The summed E-state index contributed by atoms with van der Waals surface area (Å²) in [5.41, 5.74) is 1.74. The highest BCUT2D eigenvalue weighted by Crippen LogP contribution is 2.32. The quantitative estimate of drug-likeness (QED) is 0.352. The van der Waals surface area contributed by atoms with E-state index in [0.717, 1.165) is 42.1 Å². The number of aryl methyl sites for hydroxylation is 1. The maximum atomic E-state index is 12.6. The molecule has 162 valence electrons. The smallest absolute Gasteiger partial charge is 0.140 e. The summed E-state index contributed by atoms with van der Waals surface area (Å²) < 4.78 is 11.7. The molecule has 31 heavy (non-hydrogen) atoms. The molecule has 0 saturated heterocycles. The van der Waals surface area contributed by atoms with Gasteiger partial charge in [-0.2, -0.15) is 0 Å². The number of para-hydroxylation sites is 1. The number of hydrogen-bond acceptors (Lipinski definition) is 3. The summed E-state index contributed by atoms with van der Waals surface area (Å²) in [5.74, 6) is 2.68. The minimum absolute atomic E-state index is 0.131. The van der Waals surface area contributed by atoms with Crippen molar-refractivity contribution in [1.29, 1.82) is 0 Å². The number of carbonyl (C=O) groups excluding carboxylic acids is 1. The standard InChI is InChI=1S/C28H32O3/c1-21(2)30-26-17-15-24(16-18-26)28(4,22(3)29)19-9-11-23-10-8-14-27(20-23)31-25-12-6-5-7-13-25/h5-8,10,12-18,20-21H,9,11,19H2,1-4H3. The van der Waals surface area contributed by atoms with Crippen LogP contribution in [0.15, 0.2) is 78.9 Å². The van der Waals surface area contributed by atoms with Crippen molar-refractivity contribution in [3.8, 4) is 17.2 Å². The summed E-state index contributed by atoms with van der Waals surface area (Å²) in [4.78, 5) is 12.6. The molecule has 0 N–H and O–H groups in total. The van der Waals surface area contributed by atoms with Crippen LogP contribution in [0.5, 0.6) is 17.2 Å². The molecule has 3 aromatic rings. The zero-order valence-electron chi connectivity index (χ0n) is 18.9. The van der Waals surface area contributed by atoms with Crippen LogP contribution in [-0.2, 0) is 16.6 Å². The third kappa shape index (κ3) is 6.21. The van der Waals surface area contributed by atoms with Gasteiger partial charge in [-0.15, -0.1) is 0 Å². The first kappa shape index (κ1) is 22.6. The van der Waals surface area contributed by atoms with Crippen LogP contribution in [0.2, 0.25) is 0 Å². The molecule has 0 radical (unpaired) electrons. The number of carbonyl (C=O) groups is 1. The molecule has 1 unspecified atom stereocenters. The normalized spacial score (nSPS) is 12.9. The number of Topliss-reactive ketones (excluding diaryl/α,β-unsaturated/α-hetero) is 1. The van der Waals surface area contributed by atoms with Crippen molar-refractivity contribution in [2.75, 3.05) is 0 Å². The van der Waals surface area contributed by atoms with Crippen LogP contribution in [0, 0.1) is 0 Å². The highest BCUT2D eigenvalue weighted by molar-refractivity contribution is 5.87. The molecule has 0 aliphatic heterocycles. The lowest BCUT2D eigenvalue weighted by Gasteiger charge is -2.28. The number of rotatable bonds is 10. The maximum absolute atomic E-state index is 12.6. The summed E-state index contributed by atoms with van der Waals surface area (Å²) >= 11 is 0. The van der Waals surface area contributed by atoms with Crippen LogP contribution in [0.1, 0.15) is 51.7 Å². The first-order valence-electron chi connectivity index (χ1n) is 11.0. The zero-order chi connectivity index (χ0) is 22.3. The van der Waals surface area contributed by atoms with E-state index in [9.17, 15) is 4.79 Å². The Morgan fingerprint density at radius 3 is 2.19 bits per heavy atom. The monoisotopic (exact) mass is 416 g/mol. The van der Waals surface area contributed by atoms with Crippen LogP contribution >= 0.6 is 0 Å². The molecule has 3 aromatic carbocycles. The van der Waals surface area contributed by atoms with E-state index in [0.29, 0.717) is 0 Å². The second-order valence-electron chi connectivity index (χ2n) is 8.50. The molecule has 0 bridgehead atoms. The molecule has 0 saturated carbocycles. The molecule has 0 aromatic heterocycles. The van der Waals surface area contributed by atoms with Gasteiger partial charge in [-0.05, 0) is 94.5 Å². The van der Waals surface area contributed by atoms with Crippen molar-refractivity contribution in [3.63, 3.8) is 0 Å². The second-order valence-corrected chi connectivity index (χ2v) is 8.50. The fraction of sp³-hybridized carbons (Fsp3) is 0.321. The fourth-order valence-electron chi connectivity index (χ4n) is 3.73. The fourth-order valence-corrected chi connectivity index (χ4v) is 3.73. The van der Waals surface area contributed by atoms with Gasteiger partial charge in [0.25, 0.3) is 0 Å². The minimum atomic E-state index is -0.505. The Labute approximate surface area is 186 Å². The van der Waals surface area contributed by atoms with E-state index in [1.54, 1.807) is 6.92 Å². The Bertz CT molecular complexity index is 977. The van der Waals surface area contributed by atoms with Crippen LogP contribution in [0.25, 0.3) is 0 Å². The highest BCUT2D eigenvalue weighted by Gasteiger charge is 2.31. The maximum Gasteiger partial charge on any atom is 0.140 e. The van der Waals surface area contributed by atoms with Gasteiger partial charge in [0.15, 0.2) is 0 Å². The molecular weight excluding hydrogens is 384 g/mol. The number of ether oxygens (including phenoxy) is 2. The Morgan fingerprint density at radius 2 is 1.55 bits per heavy atom. The number of benzene rings is 3. The average molecular weight is 417 g/mol. The van der Waals surface area contributed by atoms with Crippen molar-refractivity contribution in [2.45, 2.75) is 58.5 Å². The number of ketones is 1. The van der Waals surface area contributed by atoms with Crippen LogP contribution < -0.4 is 9.47 Å². The molecule has 3 nitrogen and oxygen atoms in total. The van der Waals surface area contributed by atoms with Gasteiger partial charge in [0.2, 0.25) is 0 Å². The molecule has 0 aliphatic carbocycles. The molecule has 0 amide bonds. The van der Waals surface area contributed by atoms with E-state index in [-0.39, 0.29) is 11.9 Å². The molecule has 3 heteroatoms. The van der Waals surface area contributed by atoms with E-state index in [2.05, 4.69) is 12.1 Å². The van der Waals surface area contributed by atoms with Crippen molar-refractivity contribution in [1.82, 2.24) is 0 Å². The van der Waals surface area contributed by atoms with Gasteiger partial charge in [-0.1, -0.05) is 42.5 Å².